The summed E-state index contributed by atoms with van der Waals surface area (Å²) in [6.07, 6.45) is 7.78. The van der Waals surface area contributed by atoms with Gasteiger partial charge in [-0.1, -0.05) is 54.1 Å². The molecule has 0 amide bonds. The molecule has 4 heteroatoms. The molecule has 0 saturated carbocycles. The van der Waals surface area contributed by atoms with Gasteiger partial charge in [-0.05, 0) is 65.6 Å². The van der Waals surface area contributed by atoms with Crippen molar-refractivity contribution in [2.75, 3.05) is 0 Å². The first-order valence-electron chi connectivity index (χ1n) is 11.0. The Balaban J connectivity index is 1.49. The Hall–Kier alpha value is -3.53. The van der Waals surface area contributed by atoms with E-state index in [1.54, 1.807) is 0 Å². The maximum Gasteiger partial charge on any atom is 0.165 e. The van der Waals surface area contributed by atoms with E-state index in [-0.39, 0.29) is 0 Å². The Labute approximate surface area is 182 Å². The molecule has 0 unspecified atom stereocenters. The van der Waals surface area contributed by atoms with Gasteiger partial charge < -0.3 is 4.57 Å². The first-order chi connectivity index (χ1) is 15.3. The molecule has 0 atom stereocenters. The molecule has 31 heavy (non-hydrogen) atoms. The van der Waals surface area contributed by atoms with Crippen LogP contribution in [-0.4, -0.2) is 19.7 Å². The van der Waals surface area contributed by atoms with Gasteiger partial charge in [0.25, 0.3) is 0 Å². The van der Waals surface area contributed by atoms with Crippen LogP contribution in [0.4, 0.5) is 0 Å². The predicted molar refractivity (Wildman–Crippen MR) is 123 cm³/mol. The summed E-state index contributed by atoms with van der Waals surface area (Å²) in [5, 5.41) is 9.14. The van der Waals surface area contributed by atoms with Gasteiger partial charge in [0.15, 0.2) is 5.82 Å². The van der Waals surface area contributed by atoms with Crippen molar-refractivity contribution in [2.24, 2.45) is 0 Å². The maximum atomic E-state index is 4.59. The Morgan fingerprint density at radius 1 is 0.806 bits per heavy atom. The van der Waals surface area contributed by atoms with Crippen LogP contribution in [-0.2, 0) is 25.8 Å². The zero-order chi connectivity index (χ0) is 20.8. The highest BCUT2D eigenvalue weighted by Crippen LogP contribution is 2.39. The molecule has 1 aliphatic carbocycles. The molecule has 4 nitrogen and oxygen atoms in total. The lowest BCUT2D eigenvalue weighted by molar-refractivity contribution is 0.609. The lowest BCUT2D eigenvalue weighted by Gasteiger charge is -2.23. The molecule has 152 valence electrons. The lowest BCUT2D eigenvalue weighted by Crippen LogP contribution is -2.16. The third-order valence-corrected chi connectivity index (χ3v) is 6.56. The first kappa shape index (κ1) is 18.3. The van der Waals surface area contributed by atoms with Crippen molar-refractivity contribution in [3.63, 3.8) is 0 Å². The van der Waals surface area contributed by atoms with Crippen molar-refractivity contribution in [1.29, 1.82) is 0 Å². The van der Waals surface area contributed by atoms with Crippen LogP contribution in [0.2, 0.25) is 0 Å². The summed E-state index contributed by atoms with van der Waals surface area (Å²) in [4.78, 5) is 4.35. The molecule has 0 fully saturated rings. The third-order valence-electron chi connectivity index (χ3n) is 6.56. The van der Waals surface area contributed by atoms with Crippen LogP contribution in [0.25, 0.3) is 17.0 Å². The number of benzene rings is 2. The van der Waals surface area contributed by atoms with Crippen molar-refractivity contribution in [2.45, 2.75) is 39.2 Å². The largest absolute Gasteiger partial charge is 0.310 e. The molecule has 1 aliphatic heterocycles. The summed E-state index contributed by atoms with van der Waals surface area (Å²) >= 11 is 0. The molecule has 3 heterocycles. The fraction of sp³-hybridized carbons (Fsp3) is 0.222. The normalized spacial score (nSPS) is 15.1. The minimum atomic E-state index is 0.838. The quantitative estimate of drug-likeness (QED) is 0.438. The summed E-state index contributed by atoms with van der Waals surface area (Å²) in [6, 6.07) is 20.0. The second-order valence-corrected chi connectivity index (χ2v) is 8.56. The molecule has 0 N–H and O–H groups in total. The van der Waals surface area contributed by atoms with Gasteiger partial charge >= 0.3 is 0 Å². The summed E-state index contributed by atoms with van der Waals surface area (Å²) in [6.45, 7) is 2.96. The van der Waals surface area contributed by atoms with Gasteiger partial charge in [0.05, 0.1) is 0 Å². The number of rotatable bonds is 1. The molecule has 6 rings (SSSR count). The van der Waals surface area contributed by atoms with Crippen LogP contribution < -0.4 is 0 Å². The zero-order valence-corrected chi connectivity index (χ0v) is 17.7. The number of allylic oxidation sites excluding steroid dienone is 1. The van der Waals surface area contributed by atoms with Gasteiger partial charge in [0.2, 0.25) is 0 Å². The number of hydrogen-bond donors (Lipinski definition) is 0. The summed E-state index contributed by atoms with van der Waals surface area (Å²) < 4.78 is 2.27. The smallest absolute Gasteiger partial charge is 0.165 e. The fourth-order valence-electron chi connectivity index (χ4n) is 5.09. The average Bonchev–Trinajstić information content (AvgIpc) is 3.15. The van der Waals surface area contributed by atoms with Crippen LogP contribution in [0.5, 0.6) is 0 Å². The second kappa shape index (κ2) is 7.31. The summed E-state index contributed by atoms with van der Waals surface area (Å²) in [7, 11) is 0. The summed E-state index contributed by atoms with van der Waals surface area (Å²) in [5.74, 6) is 1.97. The van der Waals surface area contributed by atoms with Gasteiger partial charge in [0.1, 0.15) is 5.82 Å². The minimum Gasteiger partial charge on any atom is -0.310 e. The van der Waals surface area contributed by atoms with Crippen molar-refractivity contribution >= 4 is 5.57 Å². The van der Waals surface area contributed by atoms with Crippen LogP contribution in [0.1, 0.15) is 40.1 Å². The van der Waals surface area contributed by atoms with Crippen molar-refractivity contribution < 1.29 is 0 Å². The monoisotopic (exact) mass is 404 g/mol. The fourth-order valence-corrected chi connectivity index (χ4v) is 5.09. The standard InChI is InChI=1S/C27H24N4/c1-18-14-22(17-28-16-18)27-30-29-25-15-21(12-13-31(25)27)26-23-8-4-2-6-19(23)10-11-20-7-3-5-9-24(20)26/h2-9,14,16-17H,10-13,15H2,1H3. The van der Waals surface area contributed by atoms with E-state index in [4.69, 9.17) is 0 Å². The second-order valence-electron chi connectivity index (χ2n) is 8.56. The SMILES string of the molecule is Cc1cncc(-c2nnc3n2CCC(=C2c4ccccc4CCc4ccccc42)C3)c1. The van der Waals surface area contributed by atoms with Gasteiger partial charge in [-0.3, -0.25) is 4.98 Å². The van der Waals surface area contributed by atoms with E-state index in [1.165, 1.54) is 33.4 Å². The van der Waals surface area contributed by atoms with Gasteiger partial charge in [-0.25, -0.2) is 0 Å². The zero-order valence-electron chi connectivity index (χ0n) is 17.7. The number of hydrogen-bond acceptors (Lipinski definition) is 3. The van der Waals surface area contributed by atoms with E-state index in [0.29, 0.717) is 0 Å². The highest BCUT2D eigenvalue weighted by Gasteiger charge is 2.26. The summed E-state index contributed by atoms with van der Waals surface area (Å²) in [5.41, 5.74) is 10.7. The van der Waals surface area contributed by atoms with Gasteiger partial charge in [-0.15, -0.1) is 10.2 Å². The molecular formula is C27H24N4. The van der Waals surface area contributed by atoms with E-state index in [9.17, 15) is 0 Å². The van der Waals surface area contributed by atoms with E-state index in [1.807, 2.05) is 12.4 Å². The van der Waals surface area contributed by atoms with Gasteiger partial charge in [0, 0.05) is 30.9 Å². The molecule has 0 radical (unpaired) electrons. The number of aryl methyl sites for hydroxylation is 3. The predicted octanol–water partition coefficient (Wildman–Crippen LogP) is 5.20. The third kappa shape index (κ3) is 3.10. The Bertz CT molecular complexity index is 1280. The molecule has 2 aliphatic rings. The minimum absolute atomic E-state index is 0.838. The molecule has 0 saturated heterocycles. The number of nitrogens with zero attached hydrogens (tertiary/aromatic N) is 4. The maximum absolute atomic E-state index is 4.59. The van der Waals surface area contributed by atoms with Crippen LogP contribution in [0, 0.1) is 6.92 Å². The van der Waals surface area contributed by atoms with Crippen molar-refractivity contribution in [1.82, 2.24) is 19.7 Å². The first-order valence-corrected chi connectivity index (χ1v) is 11.0. The Kier molecular flexibility index (Phi) is 4.30. The molecule has 0 bridgehead atoms. The number of aromatic nitrogens is 4. The number of fused-ring (bicyclic) bond motifs is 3. The van der Waals surface area contributed by atoms with E-state index >= 15 is 0 Å². The average molecular weight is 405 g/mol. The highest BCUT2D eigenvalue weighted by molar-refractivity contribution is 5.86. The molecule has 2 aromatic carbocycles. The highest BCUT2D eigenvalue weighted by atomic mass is 15.3. The molecule has 4 aromatic rings. The molecule has 2 aromatic heterocycles. The van der Waals surface area contributed by atoms with Crippen molar-refractivity contribution in [3.05, 3.63) is 106 Å². The number of pyridine rings is 1. The van der Waals surface area contributed by atoms with Crippen LogP contribution >= 0.6 is 0 Å². The Morgan fingerprint density at radius 3 is 2.23 bits per heavy atom. The molecular weight excluding hydrogens is 380 g/mol. The van der Waals surface area contributed by atoms with Gasteiger partial charge in [-0.2, -0.15) is 0 Å². The Morgan fingerprint density at radius 2 is 1.52 bits per heavy atom. The molecule has 0 spiro atoms. The lowest BCUT2D eigenvalue weighted by atomic mass is 9.86. The van der Waals surface area contributed by atoms with Crippen molar-refractivity contribution in [3.8, 4) is 11.4 Å². The van der Waals surface area contributed by atoms with Crippen LogP contribution in [0.15, 0.2) is 72.6 Å². The van der Waals surface area contributed by atoms with E-state index < -0.39 is 0 Å². The topological polar surface area (TPSA) is 43.6 Å². The van der Waals surface area contributed by atoms with E-state index in [2.05, 4.69) is 81.3 Å². The van der Waals surface area contributed by atoms with E-state index in [0.717, 1.165) is 55.0 Å². The van der Waals surface area contributed by atoms with Crippen LogP contribution in [0.3, 0.4) is 0 Å².